The largest absolute Gasteiger partial charge is 0.468 e. The fraction of sp³-hybridized carbons (Fsp3) is 0.667. The molecule has 0 spiro atoms. The molecule has 0 aliphatic rings. The van der Waals surface area contributed by atoms with Gasteiger partial charge in [-0.1, -0.05) is 0 Å². The Bertz CT molecular complexity index is 38.2. The predicted molar refractivity (Wildman–Crippen MR) is 31.0 cm³/mol. The first-order valence-corrected chi connectivity index (χ1v) is 1.47. The van der Waals surface area contributed by atoms with Crippen molar-refractivity contribution in [3.05, 3.63) is 0 Å². The van der Waals surface area contributed by atoms with Gasteiger partial charge in [0.1, 0.15) is 0 Å². The van der Waals surface area contributed by atoms with Crippen molar-refractivity contribution in [3.63, 3.8) is 0 Å². The maximum atomic E-state index is 9.18. The molecule has 0 aliphatic heterocycles. The number of carbonyl (C=O) groups excluding carboxylic acids is 1. The molecule has 0 fully saturated rings. The average Bonchev–Trinajstić information content (AvgIpc) is 1.41. The zero-order valence-corrected chi connectivity index (χ0v) is 4.90. The van der Waals surface area contributed by atoms with Gasteiger partial charge in [0.15, 0.2) is 0 Å². The average molecular weight is 145 g/mol. The third-order valence-electron chi connectivity index (χ3n) is 0.235. The molecule has 0 amide bonds. The van der Waals surface area contributed by atoms with Crippen molar-refractivity contribution in [1.82, 2.24) is 0 Å². The van der Waals surface area contributed by atoms with E-state index in [9.17, 15) is 4.79 Å². The van der Waals surface area contributed by atoms with Crippen LogP contribution in [0.25, 0.3) is 0 Å². The Morgan fingerprint density at radius 3 is 1.67 bits per heavy atom. The normalized spacial score (nSPS) is 3.67. The molecule has 0 aromatic carbocycles. The molecule has 0 atom stereocenters. The maximum Gasteiger partial charge on any atom is 0.293 e. The van der Waals surface area contributed by atoms with Crippen molar-refractivity contribution in [2.24, 2.45) is 0 Å². The first kappa shape index (κ1) is 40.4. The number of ether oxygens (including phenoxy) is 1. The molecule has 0 saturated carbocycles. The lowest BCUT2D eigenvalue weighted by Gasteiger charge is -1.79. The van der Waals surface area contributed by atoms with Gasteiger partial charge < -0.3 is 4.74 Å². The summed E-state index contributed by atoms with van der Waals surface area (Å²) in [5.74, 6) is 0. The smallest absolute Gasteiger partial charge is 0.293 e. The first-order chi connectivity index (χ1) is 2.41. The first-order valence-electron chi connectivity index (χ1n) is 1.47. The summed E-state index contributed by atoms with van der Waals surface area (Å²) in [4.78, 5) is 9.18. The van der Waals surface area contributed by atoms with Crippen molar-refractivity contribution in [3.8, 4) is 0 Å². The number of carbonyl (C=O) groups is 1. The summed E-state index contributed by atoms with van der Waals surface area (Å²) in [5.41, 5.74) is 0. The third kappa shape index (κ3) is 118. The van der Waals surface area contributed by atoms with Crippen LogP contribution in [0.5, 0.6) is 0 Å². The molecule has 0 aromatic heterocycles. The number of hydrogen-bond donors (Lipinski definition) is 0. The molecule has 0 bridgehead atoms. The zero-order valence-electron chi connectivity index (χ0n) is 4.90. The van der Waals surface area contributed by atoms with Gasteiger partial charge in [-0.05, 0) is 6.92 Å². The molecule has 0 aromatic rings. The van der Waals surface area contributed by atoms with E-state index >= 15 is 0 Å². The molecular weight excluding hydrogens is 136 g/mol. The van der Waals surface area contributed by atoms with Gasteiger partial charge >= 0.3 is 0 Å². The summed E-state index contributed by atoms with van der Waals surface area (Å²) in [5, 5.41) is 0. The topological polar surface area (TPSA) is 26.3 Å². The van der Waals surface area contributed by atoms with Crippen LogP contribution in [0.4, 0.5) is 14.1 Å². The van der Waals surface area contributed by atoms with Gasteiger partial charge in [-0.3, -0.25) is 18.9 Å². The molecule has 0 rings (SSSR count). The van der Waals surface area contributed by atoms with E-state index < -0.39 is 0 Å². The van der Waals surface area contributed by atoms with Crippen molar-refractivity contribution in [2.45, 2.75) is 6.92 Å². The molecule has 3 radical (unpaired) electrons. The monoisotopic (exact) mass is 145 g/mol. The molecule has 2 nitrogen and oxygen atoms in total. The Labute approximate surface area is 53.3 Å². The third-order valence-corrected chi connectivity index (χ3v) is 0.235. The molecule has 6 heteroatoms. The highest BCUT2D eigenvalue weighted by Crippen LogP contribution is 1.55. The molecule has 0 heterocycles. The zero-order chi connectivity index (χ0) is 4.12. The van der Waals surface area contributed by atoms with Crippen LogP contribution in [-0.4, -0.2) is 21.5 Å². The lowest BCUT2D eigenvalue weighted by Crippen LogP contribution is -1.80. The number of rotatable bonds is 2. The van der Waals surface area contributed by atoms with Gasteiger partial charge in [0, 0.05) is 8.41 Å². The molecule has 0 N–H and O–H groups in total. The summed E-state index contributed by atoms with van der Waals surface area (Å²) in [6, 6.07) is 0. The van der Waals surface area contributed by atoms with Crippen LogP contribution in [0.15, 0.2) is 0 Å². The molecular formula is C3H9BF3O2. The maximum absolute atomic E-state index is 9.18. The van der Waals surface area contributed by atoms with Gasteiger partial charge in [-0.25, -0.2) is 0 Å². The van der Waals surface area contributed by atoms with Crippen molar-refractivity contribution >= 4 is 14.9 Å². The van der Waals surface area contributed by atoms with E-state index in [0.717, 1.165) is 0 Å². The van der Waals surface area contributed by atoms with Crippen molar-refractivity contribution in [2.75, 3.05) is 6.61 Å². The van der Waals surface area contributed by atoms with Crippen molar-refractivity contribution in [1.29, 1.82) is 0 Å². The fourth-order valence-electron chi connectivity index (χ4n) is 0.0680. The lowest BCUT2D eigenvalue weighted by atomic mass is 10.8. The Morgan fingerprint density at radius 2 is 1.67 bits per heavy atom. The van der Waals surface area contributed by atoms with Gasteiger partial charge in [0.25, 0.3) is 6.47 Å². The minimum atomic E-state index is 0. The minimum Gasteiger partial charge on any atom is -0.468 e. The van der Waals surface area contributed by atoms with Crippen LogP contribution in [-0.2, 0) is 9.53 Å². The van der Waals surface area contributed by atoms with Crippen LogP contribution in [0.1, 0.15) is 6.92 Å². The summed E-state index contributed by atoms with van der Waals surface area (Å²) < 4.78 is 4.15. The standard InChI is InChI=1S/C3H6O2.B.3FH/c1-2-5-3-4;;;;/h3H,2H2,1H3;;3*1H. The van der Waals surface area contributed by atoms with E-state index in [2.05, 4.69) is 4.74 Å². The quantitative estimate of drug-likeness (QED) is 0.411. The number of hydrogen-bond acceptors (Lipinski definition) is 2. The Hall–Kier alpha value is -0.675. The summed E-state index contributed by atoms with van der Waals surface area (Å²) in [6.07, 6.45) is 0. The molecule has 57 valence electrons. The van der Waals surface area contributed by atoms with Crippen LogP contribution >= 0.6 is 0 Å². The second-order valence-electron chi connectivity index (χ2n) is 0.552. The van der Waals surface area contributed by atoms with Gasteiger partial charge in [-0.2, -0.15) is 0 Å². The molecule has 0 unspecified atom stereocenters. The van der Waals surface area contributed by atoms with Gasteiger partial charge in [0.2, 0.25) is 0 Å². The van der Waals surface area contributed by atoms with Gasteiger partial charge in [0.05, 0.1) is 6.61 Å². The summed E-state index contributed by atoms with van der Waals surface area (Å²) in [6.45, 7) is 2.66. The highest BCUT2D eigenvalue weighted by Gasteiger charge is 1.60. The number of halogens is 3. The molecule has 0 aliphatic carbocycles. The summed E-state index contributed by atoms with van der Waals surface area (Å²) in [7, 11) is 0. The Balaban J connectivity index is -0.0000000133. The second-order valence-corrected chi connectivity index (χ2v) is 0.552. The van der Waals surface area contributed by atoms with Crippen molar-refractivity contribution < 1.29 is 23.6 Å². The lowest BCUT2D eigenvalue weighted by molar-refractivity contribution is -0.128. The SMILES string of the molecule is CCOC=O.F.F.F.[B]. The Morgan fingerprint density at radius 1 is 1.33 bits per heavy atom. The van der Waals surface area contributed by atoms with E-state index in [1.54, 1.807) is 6.92 Å². The van der Waals surface area contributed by atoms with E-state index in [0.29, 0.717) is 13.1 Å². The van der Waals surface area contributed by atoms with E-state index in [4.69, 9.17) is 0 Å². The van der Waals surface area contributed by atoms with Crippen LogP contribution < -0.4 is 0 Å². The highest BCUT2D eigenvalue weighted by molar-refractivity contribution is 5.75. The highest BCUT2D eigenvalue weighted by atomic mass is 19.0. The van der Waals surface area contributed by atoms with Gasteiger partial charge in [-0.15, -0.1) is 0 Å². The van der Waals surface area contributed by atoms with Crippen LogP contribution in [0.3, 0.4) is 0 Å². The van der Waals surface area contributed by atoms with E-state index in [1.807, 2.05) is 0 Å². The molecule has 0 saturated heterocycles. The van der Waals surface area contributed by atoms with E-state index in [1.165, 1.54) is 0 Å². The summed E-state index contributed by atoms with van der Waals surface area (Å²) >= 11 is 0. The van der Waals surface area contributed by atoms with E-state index in [-0.39, 0.29) is 22.5 Å². The Kier molecular flexibility index (Phi) is 243. The fourth-order valence-corrected chi connectivity index (χ4v) is 0.0680. The van der Waals surface area contributed by atoms with Crippen LogP contribution in [0, 0.1) is 0 Å². The predicted octanol–water partition coefficient (Wildman–Crippen LogP) is 0.256. The molecule has 9 heavy (non-hydrogen) atoms. The second kappa shape index (κ2) is 54.2. The van der Waals surface area contributed by atoms with Crippen LogP contribution in [0.2, 0.25) is 0 Å². The minimum absolute atomic E-state index is 0.